The molecule has 1 aromatic carbocycles. The molecule has 0 bridgehead atoms. The molecule has 0 aliphatic carbocycles. The van der Waals surface area contributed by atoms with Gasteiger partial charge in [-0.25, -0.2) is 0 Å². The van der Waals surface area contributed by atoms with Crippen molar-refractivity contribution in [1.82, 2.24) is 10.6 Å². The number of hydrogen-bond acceptors (Lipinski definition) is 2. The topological polar surface area (TPSA) is 79.5 Å². The Morgan fingerprint density at radius 2 is 2.00 bits per heavy atom. The predicted octanol–water partition coefficient (Wildman–Crippen LogP) is 1.25. The first-order valence-corrected chi connectivity index (χ1v) is 5.61. The maximum absolute atomic E-state index is 10.9. The summed E-state index contributed by atoms with van der Waals surface area (Å²) in [5.41, 5.74) is 6.72. The molecule has 0 saturated carbocycles. The van der Waals surface area contributed by atoms with Gasteiger partial charge in [-0.1, -0.05) is 18.2 Å². The van der Waals surface area contributed by atoms with Crippen LogP contribution in [0.3, 0.4) is 0 Å². The van der Waals surface area contributed by atoms with Crippen molar-refractivity contribution in [3.8, 4) is 0 Å². The number of nitrogens with two attached hydrogens (primary N) is 1. The molecule has 1 aromatic rings. The van der Waals surface area contributed by atoms with Crippen molar-refractivity contribution in [3.63, 3.8) is 0 Å². The summed E-state index contributed by atoms with van der Waals surface area (Å²) < 4.78 is 0. The first-order chi connectivity index (χ1) is 8.67. The summed E-state index contributed by atoms with van der Waals surface area (Å²) in [5, 5.41) is 6.21. The fourth-order valence-corrected chi connectivity index (χ4v) is 1.36. The quantitative estimate of drug-likeness (QED) is 0.314. The van der Waals surface area contributed by atoms with Gasteiger partial charge in [0.05, 0.1) is 0 Å². The summed E-state index contributed by atoms with van der Waals surface area (Å²) in [6.07, 6.45) is 1.76. The van der Waals surface area contributed by atoms with Gasteiger partial charge < -0.3 is 16.4 Å². The Morgan fingerprint density at radius 1 is 1.37 bits per heavy atom. The minimum atomic E-state index is -0.419. The van der Waals surface area contributed by atoms with E-state index in [0.29, 0.717) is 24.6 Å². The Kier molecular flexibility index (Phi) is 8.60. The van der Waals surface area contributed by atoms with Crippen molar-refractivity contribution >= 4 is 35.8 Å². The zero-order valence-corrected chi connectivity index (χ0v) is 13.2. The SMILES string of the molecule is C=CCNC(=NC)NCc1ccc(C(N)=O)cc1.I. The number of nitrogens with zero attached hydrogens (tertiary/aromatic N) is 1. The standard InChI is InChI=1S/C13H18N4O.HI/c1-3-8-16-13(15-2)17-9-10-4-6-11(7-5-10)12(14)18;/h3-7H,1,8-9H2,2H3,(H2,14,18)(H2,15,16,17);1H. The molecule has 19 heavy (non-hydrogen) atoms. The number of benzene rings is 1. The summed E-state index contributed by atoms with van der Waals surface area (Å²) in [5.74, 6) is 0.284. The molecule has 1 rings (SSSR count). The normalized spacial score (nSPS) is 10.3. The van der Waals surface area contributed by atoms with Crippen LogP contribution in [0.1, 0.15) is 15.9 Å². The molecule has 0 heterocycles. The van der Waals surface area contributed by atoms with E-state index in [1.165, 1.54) is 0 Å². The molecule has 0 aliphatic rings. The van der Waals surface area contributed by atoms with Crippen LogP contribution in [0.15, 0.2) is 41.9 Å². The number of primary amides is 1. The van der Waals surface area contributed by atoms with Gasteiger partial charge in [0.2, 0.25) is 5.91 Å². The minimum absolute atomic E-state index is 0. The van der Waals surface area contributed by atoms with E-state index < -0.39 is 5.91 Å². The summed E-state index contributed by atoms with van der Waals surface area (Å²) in [6.45, 7) is 4.90. The number of nitrogens with one attached hydrogen (secondary N) is 2. The second-order valence-electron chi connectivity index (χ2n) is 3.66. The molecule has 0 radical (unpaired) electrons. The highest BCUT2D eigenvalue weighted by Gasteiger charge is 2.00. The van der Waals surface area contributed by atoms with Crippen LogP contribution in [-0.4, -0.2) is 25.5 Å². The van der Waals surface area contributed by atoms with Crippen LogP contribution in [0.25, 0.3) is 0 Å². The van der Waals surface area contributed by atoms with Gasteiger partial charge in [-0.05, 0) is 17.7 Å². The molecule has 4 N–H and O–H groups in total. The maximum atomic E-state index is 10.9. The van der Waals surface area contributed by atoms with Crippen LogP contribution in [0, 0.1) is 0 Å². The maximum Gasteiger partial charge on any atom is 0.248 e. The average molecular weight is 374 g/mol. The lowest BCUT2D eigenvalue weighted by atomic mass is 10.1. The molecule has 0 saturated heterocycles. The van der Waals surface area contributed by atoms with Crippen LogP contribution >= 0.6 is 24.0 Å². The van der Waals surface area contributed by atoms with Gasteiger partial charge in [0.1, 0.15) is 0 Å². The predicted molar refractivity (Wildman–Crippen MR) is 88.8 cm³/mol. The van der Waals surface area contributed by atoms with Gasteiger partial charge in [0.25, 0.3) is 0 Å². The smallest absolute Gasteiger partial charge is 0.248 e. The lowest BCUT2D eigenvalue weighted by Gasteiger charge is -2.10. The fraction of sp³-hybridized carbons (Fsp3) is 0.231. The van der Waals surface area contributed by atoms with Gasteiger partial charge >= 0.3 is 0 Å². The Balaban J connectivity index is 0.00000324. The van der Waals surface area contributed by atoms with E-state index in [1.807, 2.05) is 12.1 Å². The second kappa shape index (κ2) is 9.37. The molecule has 1 amide bonds. The van der Waals surface area contributed by atoms with Crippen molar-refractivity contribution in [2.24, 2.45) is 10.7 Å². The monoisotopic (exact) mass is 374 g/mol. The summed E-state index contributed by atoms with van der Waals surface area (Å²) in [4.78, 5) is 15.0. The van der Waals surface area contributed by atoms with Crippen LogP contribution in [-0.2, 0) is 6.54 Å². The molecule has 0 fully saturated rings. The van der Waals surface area contributed by atoms with Crippen LogP contribution < -0.4 is 16.4 Å². The fourth-order valence-electron chi connectivity index (χ4n) is 1.36. The first-order valence-electron chi connectivity index (χ1n) is 5.61. The third kappa shape index (κ3) is 6.23. The molecule has 0 atom stereocenters. The highest BCUT2D eigenvalue weighted by atomic mass is 127. The minimum Gasteiger partial charge on any atom is -0.366 e. The highest BCUT2D eigenvalue weighted by Crippen LogP contribution is 2.03. The van der Waals surface area contributed by atoms with Crippen molar-refractivity contribution < 1.29 is 4.79 Å². The van der Waals surface area contributed by atoms with Crippen molar-refractivity contribution in [2.75, 3.05) is 13.6 Å². The number of amides is 1. The number of aliphatic imine (C=N–C) groups is 1. The third-order valence-corrected chi connectivity index (χ3v) is 2.34. The number of halogens is 1. The molecule has 0 aliphatic heterocycles. The van der Waals surface area contributed by atoms with E-state index in [4.69, 9.17) is 5.73 Å². The van der Waals surface area contributed by atoms with Gasteiger partial charge in [0.15, 0.2) is 5.96 Å². The molecule has 0 unspecified atom stereocenters. The Labute approximate surface area is 130 Å². The number of rotatable bonds is 5. The van der Waals surface area contributed by atoms with Gasteiger partial charge in [-0.15, -0.1) is 30.6 Å². The number of hydrogen-bond donors (Lipinski definition) is 3. The Bertz CT molecular complexity index is 442. The van der Waals surface area contributed by atoms with Gasteiger partial charge in [-0.3, -0.25) is 9.79 Å². The van der Waals surface area contributed by atoms with E-state index in [-0.39, 0.29) is 24.0 Å². The average Bonchev–Trinajstić information content (AvgIpc) is 2.39. The number of carbonyl (C=O) groups is 1. The Morgan fingerprint density at radius 3 is 2.47 bits per heavy atom. The summed E-state index contributed by atoms with van der Waals surface area (Å²) in [6, 6.07) is 7.13. The molecule has 0 aromatic heterocycles. The zero-order chi connectivity index (χ0) is 13.4. The van der Waals surface area contributed by atoms with E-state index >= 15 is 0 Å². The van der Waals surface area contributed by atoms with Crippen molar-refractivity contribution in [3.05, 3.63) is 48.0 Å². The van der Waals surface area contributed by atoms with E-state index in [1.54, 1.807) is 25.3 Å². The molecule has 0 spiro atoms. The Hall–Kier alpha value is -1.57. The first kappa shape index (κ1) is 17.4. The van der Waals surface area contributed by atoms with Crippen LogP contribution in [0.4, 0.5) is 0 Å². The molecule has 6 heteroatoms. The van der Waals surface area contributed by atoms with E-state index in [2.05, 4.69) is 22.2 Å². The van der Waals surface area contributed by atoms with E-state index in [0.717, 1.165) is 5.56 Å². The summed E-state index contributed by atoms with van der Waals surface area (Å²) >= 11 is 0. The van der Waals surface area contributed by atoms with Gasteiger partial charge in [0, 0.05) is 25.7 Å². The number of guanidine groups is 1. The molecule has 104 valence electrons. The largest absolute Gasteiger partial charge is 0.366 e. The molecular weight excluding hydrogens is 355 g/mol. The number of carbonyl (C=O) groups excluding carboxylic acids is 1. The van der Waals surface area contributed by atoms with Crippen LogP contribution in [0.2, 0.25) is 0 Å². The third-order valence-electron chi connectivity index (χ3n) is 2.34. The lowest BCUT2D eigenvalue weighted by molar-refractivity contribution is 0.100. The second-order valence-corrected chi connectivity index (χ2v) is 3.66. The van der Waals surface area contributed by atoms with Crippen molar-refractivity contribution in [1.29, 1.82) is 0 Å². The molecule has 5 nitrogen and oxygen atoms in total. The molecular formula is C13H19IN4O. The summed E-state index contributed by atoms with van der Waals surface area (Å²) in [7, 11) is 1.70. The van der Waals surface area contributed by atoms with E-state index in [9.17, 15) is 4.79 Å². The van der Waals surface area contributed by atoms with Gasteiger partial charge in [-0.2, -0.15) is 0 Å². The highest BCUT2D eigenvalue weighted by molar-refractivity contribution is 14.0. The van der Waals surface area contributed by atoms with Crippen LogP contribution in [0.5, 0.6) is 0 Å². The van der Waals surface area contributed by atoms with Crippen molar-refractivity contribution in [2.45, 2.75) is 6.54 Å². The lowest BCUT2D eigenvalue weighted by Crippen LogP contribution is -2.36. The zero-order valence-electron chi connectivity index (χ0n) is 10.8.